The average molecular weight is 424 g/mol. The molecule has 0 spiro atoms. The largest absolute Gasteiger partial charge is 0.381 e. The Morgan fingerprint density at radius 3 is 2.65 bits per heavy atom. The summed E-state index contributed by atoms with van der Waals surface area (Å²) in [7, 11) is 0. The molecule has 0 saturated heterocycles. The highest BCUT2D eigenvalue weighted by molar-refractivity contribution is 6.12. The minimum absolute atomic E-state index is 0.251. The lowest BCUT2D eigenvalue weighted by Gasteiger charge is -2.28. The van der Waals surface area contributed by atoms with Gasteiger partial charge in [0, 0.05) is 35.0 Å². The fourth-order valence-corrected chi connectivity index (χ4v) is 4.11. The fraction of sp³-hybridized carbons (Fsp3) is 0.417. The van der Waals surface area contributed by atoms with Gasteiger partial charge >= 0.3 is 0 Å². The number of rotatable bonds is 6. The first-order valence-electron chi connectivity index (χ1n) is 11.0. The summed E-state index contributed by atoms with van der Waals surface area (Å²) < 4.78 is 13.2. The van der Waals surface area contributed by atoms with Crippen LogP contribution < -0.4 is 16.4 Å². The number of amides is 1. The van der Waals surface area contributed by atoms with E-state index >= 15 is 0 Å². The minimum Gasteiger partial charge on any atom is -0.381 e. The van der Waals surface area contributed by atoms with E-state index in [0.29, 0.717) is 17.2 Å². The zero-order valence-corrected chi connectivity index (χ0v) is 18.0. The molecule has 4 rings (SSSR count). The van der Waals surface area contributed by atoms with Crippen molar-refractivity contribution in [2.75, 3.05) is 10.6 Å². The average Bonchev–Trinajstić information content (AvgIpc) is 3.21. The lowest BCUT2D eigenvalue weighted by Crippen LogP contribution is -2.33. The number of carbonyl (C=O) groups is 1. The Morgan fingerprint density at radius 2 is 1.97 bits per heavy atom. The third-order valence-corrected chi connectivity index (χ3v) is 6.29. The van der Waals surface area contributed by atoms with Gasteiger partial charge in [-0.1, -0.05) is 13.8 Å². The number of carbonyl (C=O) groups excluding carboxylic acids is 1. The van der Waals surface area contributed by atoms with Gasteiger partial charge in [-0.05, 0) is 68.4 Å². The van der Waals surface area contributed by atoms with Gasteiger partial charge in [-0.2, -0.15) is 0 Å². The van der Waals surface area contributed by atoms with Crippen LogP contribution in [-0.2, 0) is 0 Å². The molecule has 0 radical (unpaired) electrons. The molecule has 164 valence electrons. The van der Waals surface area contributed by atoms with Crippen LogP contribution in [0.1, 0.15) is 67.9 Å². The standard InChI is InChI=1S/C24H30FN5O/c1-3-14(2)21-12-19-22(28-17-10-6-16(26)7-11-17)20(13-27-23(19)30-21)24(31)29-18-8-4-15(25)5-9-18/h4-5,8-9,12-14,16-17H,3,6-7,10-11,26H2,1-2H3,(H,29,31)(H2,27,28,30)/t14-,16-,17-/m0/s1. The van der Waals surface area contributed by atoms with Crippen LogP contribution in [0.2, 0.25) is 0 Å². The highest BCUT2D eigenvalue weighted by Gasteiger charge is 2.24. The first-order chi connectivity index (χ1) is 14.9. The van der Waals surface area contributed by atoms with E-state index in [1.807, 2.05) is 0 Å². The fourth-order valence-electron chi connectivity index (χ4n) is 4.11. The molecular formula is C24H30FN5O. The molecule has 1 aliphatic carbocycles. The van der Waals surface area contributed by atoms with E-state index in [4.69, 9.17) is 5.73 Å². The molecule has 0 aliphatic heterocycles. The van der Waals surface area contributed by atoms with Crippen LogP contribution in [0.4, 0.5) is 15.8 Å². The Hall–Kier alpha value is -2.93. The van der Waals surface area contributed by atoms with Gasteiger partial charge in [0.15, 0.2) is 0 Å². The van der Waals surface area contributed by atoms with Gasteiger partial charge in [0.2, 0.25) is 0 Å². The molecule has 31 heavy (non-hydrogen) atoms. The summed E-state index contributed by atoms with van der Waals surface area (Å²) in [5.41, 5.74) is 9.75. The van der Waals surface area contributed by atoms with Crippen molar-refractivity contribution in [2.24, 2.45) is 5.73 Å². The Balaban J connectivity index is 1.70. The summed E-state index contributed by atoms with van der Waals surface area (Å²) in [4.78, 5) is 21.1. The molecule has 1 aliphatic rings. The molecule has 1 aromatic carbocycles. The number of H-pyrrole nitrogens is 1. The molecule has 1 fully saturated rings. The maximum Gasteiger partial charge on any atom is 0.259 e. The molecule has 1 amide bonds. The van der Waals surface area contributed by atoms with Crippen molar-refractivity contribution >= 4 is 28.3 Å². The van der Waals surface area contributed by atoms with E-state index < -0.39 is 0 Å². The van der Waals surface area contributed by atoms with Gasteiger partial charge in [0.1, 0.15) is 11.5 Å². The topological polar surface area (TPSA) is 95.8 Å². The quantitative estimate of drug-likeness (QED) is 0.441. The molecule has 0 unspecified atom stereocenters. The number of hydrogen-bond acceptors (Lipinski definition) is 4. The third kappa shape index (κ3) is 4.71. The van der Waals surface area contributed by atoms with Crippen molar-refractivity contribution in [1.82, 2.24) is 9.97 Å². The van der Waals surface area contributed by atoms with E-state index in [2.05, 4.69) is 40.5 Å². The number of pyridine rings is 1. The number of halogens is 1. The first kappa shape index (κ1) is 21.3. The van der Waals surface area contributed by atoms with E-state index in [-0.39, 0.29) is 23.8 Å². The molecule has 1 saturated carbocycles. The molecule has 2 aromatic heterocycles. The number of hydrogen-bond donors (Lipinski definition) is 4. The lowest BCUT2D eigenvalue weighted by molar-refractivity contribution is 0.102. The van der Waals surface area contributed by atoms with Gasteiger partial charge < -0.3 is 21.4 Å². The minimum atomic E-state index is -0.344. The number of benzene rings is 1. The number of aromatic amines is 1. The summed E-state index contributed by atoms with van der Waals surface area (Å²) in [6, 6.07) is 8.35. The highest BCUT2D eigenvalue weighted by atomic mass is 19.1. The normalized spacial score (nSPS) is 19.9. The van der Waals surface area contributed by atoms with Crippen molar-refractivity contribution in [3.63, 3.8) is 0 Å². The summed E-state index contributed by atoms with van der Waals surface area (Å²) in [5.74, 6) is -0.252. The van der Waals surface area contributed by atoms with E-state index in [1.165, 1.54) is 12.1 Å². The van der Waals surface area contributed by atoms with Gasteiger partial charge in [0.25, 0.3) is 5.91 Å². The summed E-state index contributed by atoms with van der Waals surface area (Å²) in [6.45, 7) is 4.32. The second-order valence-electron chi connectivity index (χ2n) is 8.56. The summed E-state index contributed by atoms with van der Waals surface area (Å²) in [5, 5.41) is 7.40. The van der Waals surface area contributed by atoms with E-state index in [9.17, 15) is 9.18 Å². The van der Waals surface area contributed by atoms with Gasteiger partial charge in [-0.25, -0.2) is 9.37 Å². The van der Waals surface area contributed by atoms with Crippen LogP contribution in [0.15, 0.2) is 36.5 Å². The van der Waals surface area contributed by atoms with Crippen LogP contribution >= 0.6 is 0 Å². The van der Waals surface area contributed by atoms with Crippen LogP contribution in [0.3, 0.4) is 0 Å². The van der Waals surface area contributed by atoms with Crippen LogP contribution in [0, 0.1) is 5.82 Å². The van der Waals surface area contributed by atoms with Gasteiger partial charge in [0.05, 0.1) is 11.3 Å². The highest BCUT2D eigenvalue weighted by Crippen LogP contribution is 2.33. The Kier molecular flexibility index (Phi) is 6.23. The van der Waals surface area contributed by atoms with Gasteiger partial charge in [-0.15, -0.1) is 0 Å². The number of nitrogens with two attached hydrogens (primary N) is 1. The summed E-state index contributed by atoms with van der Waals surface area (Å²) >= 11 is 0. The van der Waals surface area contributed by atoms with Crippen molar-refractivity contribution in [1.29, 1.82) is 0 Å². The molecule has 1 atom stereocenters. The Bertz CT molecular complexity index is 1050. The zero-order valence-electron chi connectivity index (χ0n) is 18.0. The predicted molar refractivity (Wildman–Crippen MR) is 123 cm³/mol. The molecule has 3 aromatic rings. The zero-order chi connectivity index (χ0) is 22.0. The van der Waals surface area contributed by atoms with E-state index in [1.54, 1.807) is 18.3 Å². The second kappa shape index (κ2) is 9.06. The summed E-state index contributed by atoms with van der Waals surface area (Å²) in [6.07, 6.45) is 6.48. The molecule has 5 N–H and O–H groups in total. The van der Waals surface area contributed by atoms with Crippen LogP contribution in [0.5, 0.6) is 0 Å². The number of aromatic nitrogens is 2. The predicted octanol–water partition coefficient (Wildman–Crippen LogP) is 5.15. The monoisotopic (exact) mass is 423 g/mol. The van der Waals surface area contributed by atoms with Crippen LogP contribution in [0.25, 0.3) is 11.0 Å². The second-order valence-corrected chi connectivity index (χ2v) is 8.56. The number of nitrogens with zero attached hydrogens (tertiary/aromatic N) is 1. The van der Waals surface area contributed by atoms with Crippen molar-refractivity contribution < 1.29 is 9.18 Å². The molecule has 6 nitrogen and oxygen atoms in total. The SMILES string of the molecule is CC[C@H](C)c1cc2c(N[C@H]3CC[C@H](N)CC3)c(C(=O)Nc3ccc(F)cc3)cnc2[nH]1. The lowest BCUT2D eigenvalue weighted by atomic mass is 9.91. The Morgan fingerprint density at radius 1 is 1.26 bits per heavy atom. The van der Waals surface area contributed by atoms with Gasteiger partial charge in [-0.3, -0.25) is 4.79 Å². The number of nitrogens with one attached hydrogen (secondary N) is 3. The van der Waals surface area contributed by atoms with Crippen molar-refractivity contribution in [3.05, 3.63) is 53.6 Å². The van der Waals surface area contributed by atoms with Crippen molar-refractivity contribution in [3.8, 4) is 0 Å². The third-order valence-electron chi connectivity index (χ3n) is 6.29. The number of anilines is 2. The Labute approximate surface area is 181 Å². The van der Waals surface area contributed by atoms with Crippen LogP contribution in [-0.4, -0.2) is 28.0 Å². The molecule has 2 heterocycles. The molecule has 0 bridgehead atoms. The first-order valence-corrected chi connectivity index (χ1v) is 11.0. The maximum atomic E-state index is 13.2. The number of fused-ring (bicyclic) bond motifs is 1. The van der Waals surface area contributed by atoms with Crippen molar-refractivity contribution in [2.45, 2.75) is 64.0 Å². The molecule has 7 heteroatoms. The molecular weight excluding hydrogens is 393 g/mol. The van der Waals surface area contributed by atoms with E-state index in [0.717, 1.165) is 54.5 Å². The maximum absolute atomic E-state index is 13.2. The smallest absolute Gasteiger partial charge is 0.259 e.